The zero-order valence-electron chi connectivity index (χ0n) is 16.1. The van der Waals surface area contributed by atoms with Crippen LogP contribution in [0.5, 0.6) is 0 Å². The average molecular weight is 457 g/mol. The number of hydrogen-bond donors (Lipinski definition) is 7. The van der Waals surface area contributed by atoms with Crippen LogP contribution in [-0.4, -0.2) is 71.5 Å². The fourth-order valence-corrected chi connectivity index (χ4v) is 3.05. The Kier molecular flexibility index (Phi) is 11.2. The third kappa shape index (κ3) is 10.4. The summed E-state index contributed by atoms with van der Waals surface area (Å²) in [6, 6.07) is -3.83. The molecule has 12 nitrogen and oxygen atoms in total. The van der Waals surface area contributed by atoms with Gasteiger partial charge in [-0.15, -0.1) is 0 Å². The van der Waals surface area contributed by atoms with Crippen molar-refractivity contribution in [3.63, 3.8) is 0 Å². The molecular weight excluding hydrogens is 428 g/mol. The van der Waals surface area contributed by atoms with E-state index in [-0.39, 0.29) is 6.42 Å². The van der Waals surface area contributed by atoms with Crippen molar-refractivity contribution in [2.24, 2.45) is 16.8 Å². The van der Waals surface area contributed by atoms with E-state index in [1.165, 1.54) is 0 Å². The minimum Gasteiger partial charge on any atom is -0.481 e. The molecule has 0 bridgehead atoms. The molecule has 0 aromatic carbocycles. The Labute approximate surface area is 174 Å². The molecule has 0 aromatic heterocycles. The maximum absolute atomic E-state index is 12.5. The number of carboxylic acid groups (broad SMARTS) is 2. The van der Waals surface area contributed by atoms with E-state index in [2.05, 4.69) is 23.3 Å². The topological polar surface area (TPSA) is 219 Å². The summed E-state index contributed by atoms with van der Waals surface area (Å²) in [6.45, 7) is 3.37. The van der Waals surface area contributed by atoms with Crippen LogP contribution < -0.4 is 21.5 Å². The smallest absolute Gasteiger partial charge is 0.326 e. The van der Waals surface area contributed by atoms with Gasteiger partial charge in [-0.05, 0) is 12.3 Å². The normalized spacial score (nSPS) is 16.7. The summed E-state index contributed by atoms with van der Waals surface area (Å²) in [6.07, 6.45) is -0.542. The number of aliphatic carboxylic acids is 2. The summed E-state index contributed by atoms with van der Waals surface area (Å²) < 4.78 is 22.0. The maximum Gasteiger partial charge on any atom is 0.326 e. The van der Waals surface area contributed by atoms with Crippen LogP contribution in [0.1, 0.15) is 33.1 Å². The van der Waals surface area contributed by atoms with Crippen molar-refractivity contribution in [2.45, 2.75) is 56.5 Å². The molecule has 29 heavy (non-hydrogen) atoms. The van der Waals surface area contributed by atoms with Gasteiger partial charge in [-0.25, -0.2) is 18.4 Å². The number of hydrogen-bond acceptors (Lipinski definition) is 8. The number of sulfonamides is 1. The predicted octanol–water partition coefficient (Wildman–Crippen LogP) is -2.13. The Morgan fingerprint density at radius 1 is 1.10 bits per heavy atom. The summed E-state index contributed by atoms with van der Waals surface area (Å²) in [5.41, 5.74) is 5.76. The maximum atomic E-state index is 12.5. The van der Waals surface area contributed by atoms with Crippen molar-refractivity contribution >= 4 is 46.4 Å². The van der Waals surface area contributed by atoms with Crippen LogP contribution in [0.2, 0.25) is 0 Å². The van der Waals surface area contributed by atoms with Gasteiger partial charge in [0.1, 0.15) is 12.1 Å². The number of rotatable bonds is 13. The molecule has 0 spiro atoms. The minimum atomic E-state index is -3.78. The first-order valence-corrected chi connectivity index (χ1v) is 10.9. The lowest BCUT2D eigenvalue weighted by Crippen LogP contribution is -2.57. The fraction of sp³-hybridized carbons (Fsp3) is 0.733. The molecule has 0 radical (unpaired) electrons. The van der Waals surface area contributed by atoms with Gasteiger partial charge in [0.15, 0.2) is 0 Å². The van der Waals surface area contributed by atoms with Crippen LogP contribution in [0.15, 0.2) is 0 Å². The van der Waals surface area contributed by atoms with E-state index in [4.69, 9.17) is 21.1 Å². The molecule has 2 amide bonds. The van der Waals surface area contributed by atoms with E-state index in [0.717, 1.165) is 0 Å². The quantitative estimate of drug-likeness (QED) is 0.150. The van der Waals surface area contributed by atoms with Gasteiger partial charge >= 0.3 is 11.9 Å². The second kappa shape index (κ2) is 11.9. The van der Waals surface area contributed by atoms with Crippen LogP contribution in [0, 0.1) is 5.92 Å². The molecule has 0 heterocycles. The molecule has 0 fully saturated rings. The van der Waals surface area contributed by atoms with Gasteiger partial charge in [0.05, 0.1) is 17.4 Å². The van der Waals surface area contributed by atoms with Crippen molar-refractivity contribution in [1.29, 1.82) is 0 Å². The number of nitrogens with one attached hydrogen (secondary N) is 2. The second-order valence-electron chi connectivity index (χ2n) is 6.63. The number of carboxylic acids is 2. The molecule has 14 heteroatoms. The molecule has 0 saturated heterocycles. The number of primary sulfonamides is 1. The first kappa shape index (κ1) is 27.1. The standard InChI is InChI=1S/C15H28N4O8S2/c1-3-7(2)11(13(22)18-9(15(24)25)6-10(20)21)19-14(23)12(28)8(16)4-5-29(17,26)27/h7-9,11-12,28H,3-6,16H2,1-2H3,(H,18,22)(H,19,23)(H,20,21)(H,24,25)(H2,17,26,27)/t7-,8?,9-,11-,12?/m0/s1. The lowest BCUT2D eigenvalue weighted by Gasteiger charge is -2.27. The Bertz CT molecular complexity index is 715. The van der Waals surface area contributed by atoms with Gasteiger partial charge in [0, 0.05) is 6.04 Å². The van der Waals surface area contributed by atoms with Crippen molar-refractivity contribution in [3.05, 3.63) is 0 Å². The van der Waals surface area contributed by atoms with Gasteiger partial charge in [-0.2, -0.15) is 12.6 Å². The van der Waals surface area contributed by atoms with Crippen LogP contribution in [-0.2, 0) is 29.2 Å². The first-order valence-electron chi connectivity index (χ1n) is 8.69. The highest BCUT2D eigenvalue weighted by atomic mass is 32.2. The van der Waals surface area contributed by atoms with Gasteiger partial charge in [-0.1, -0.05) is 20.3 Å². The molecule has 0 saturated carbocycles. The number of nitrogens with two attached hydrogens (primary N) is 2. The highest BCUT2D eigenvalue weighted by Gasteiger charge is 2.33. The van der Waals surface area contributed by atoms with Gasteiger partial charge in [0.2, 0.25) is 21.8 Å². The number of carbonyl (C=O) groups excluding carboxylic acids is 2. The largest absolute Gasteiger partial charge is 0.481 e. The third-order valence-corrected chi connectivity index (χ3v) is 5.62. The monoisotopic (exact) mass is 456 g/mol. The summed E-state index contributed by atoms with van der Waals surface area (Å²) in [5, 5.41) is 26.1. The first-order chi connectivity index (χ1) is 13.2. The molecule has 0 rings (SSSR count). The molecule has 0 aromatic rings. The van der Waals surface area contributed by atoms with E-state index in [1.54, 1.807) is 13.8 Å². The Balaban J connectivity index is 5.22. The number of amides is 2. The van der Waals surface area contributed by atoms with E-state index < -0.39 is 75.2 Å². The van der Waals surface area contributed by atoms with Crippen LogP contribution in [0.25, 0.3) is 0 Å². The highest BCUT2D eigenvalue weighted by Crippen LogP contribution is 2.12. The molecule has 2 unspecified atom stereocenters. The highest BCUT2D eigenvalue weighted by molar-refractivity contribution is 7.89. The third-order valence-electron chi connectivity index (χ3n) is 4.20. The molecular formula is C15H28N4O8S2. The summed E-state index contributed by atoms with van der Waals surface area (Å²) in [4.78, 5) is 46.8. The van der Waals surface area contributed by atoms with Gasteiger partial charge in [0.25, 0.3) is 0 Å². The second-order valence-corrected chi connectivity index (χ2v) is 8.92. The molecule has 0 aliphatic rings. The summed E-state index contributed by atoms with van der Waals surface area (Å²) >= 11 is 4.06. The number of thiol groups is 1. The zero-order valence-corrected chi connectivity index (χ0v) is 17.8. The van der Waals surface area contributed by atoms with E-state index in [0.29, 0.717) is 6.42 Å². The molecule has 168 valence electrons. The van der Waals surface area contributed by atoms with Crippen molar-refractivity contribution in [3.8, 4) is 0 Å². The van der Waals surface area contributed by atoms with Gasteiger partial charge < -0.3 is 26.6 Å². The molecule has 0 aliphatic heterocycles. The van der Waals surface area contributed by atoms with Gasteiger partial charge in [-0.3, -0.25) is 14.4 Å². The predicted molar refractivity (Wildman–Crippen MR) is 107 cm³/mol. The van der Waals surface area contributed by atoms with Crippen LogP contribution in [0.3, 0.4) is 0 Å². The van der Waals surface area contributed by atoms with E-state index in [9.17, 15) is 27.6 Å². The zero-order chi connectivity index (χ0) is 22.9. The average Bonchev–Trinajstić information content (AvgIpc) is 2.60. The minimum absolute atomic E-state index is 0.139. The van der Waals surface area contributed by atoms with E-state index >= 15 is 0 Å². The summed E-state index contributed by atoms with van der Waals surface area (Å²) in [7, 11) is -3.78. The lowest BCUT2D eigenvalue weighted by molar-refractivity contribution is -0.147. The van der Waals surface area contributed by atoms with Crippen LogP contribution in [0.4, 0.5) is 0 Å². The molecule has 8 N–H and O–H groups in total. The van der Waals surface area contributed by atoms with Crippen LogP contribution >= 0.6 is 12.6 Å². The Morgan fingerprint density at radius 2 is 1.66 bits per heavy atom. The fourth-order valence-electron chi connectivity index (χ4n) is 2.23. The van der Waals surface area contributed by atoms with E-state index in [1.807, 2.05) is 0 Å². The summed E-state index contributed by atoms with van der Waals surface area (Å²) in [5.74, 6) is -5.48. The van der Waals surface area contributed by atoms with Crippen molar-refractivity contribution in [1.82, 2.24) is 10.6 Å². The number of carbonyl (C=O) groups is 4. The Morgan fingerprint density at radius 3 is 2.07 bits per heavy atom. The molecule has 0 aliphatic carbocycles. The SMILES string of the molecule is CC[C@H](C)[C@H](NC(=O)C(S)C(N)CCS(N)(=O)=O)C(=O)N[C@@H](CC(=O)O)C(=O)O. The van der Waals surface area contributed by atoms with Crippen molar-refractivity contribution in [2.75, 3.05) is 5.75 Å². The molecule has 5 atom stereocenters. The lowest BCUT2D eigenvalue weighted by atomic mass is 9.97. The van der Waals surface area contributed by atoms with Crippen molar-refractivity contribution < 1.29 is 37.8 Å². The Hall–Kier alpha value is -1.90.